The molecule has 3 nitrogen and oxygen atoms in total. The van der Waals surface area contributed by atoms with Crippen molar-refractivity contribution in [2.75, 3.05) is 6.61 Å². The lowest BCUT2D eigenvalue weighted by Gasteiger charge is -2.19. The van der Waals surface area contributed by atoms with Gasteiger partial charge in [-0.1, -0.05) is 11.6 Å². The predicted molar refractivity (Wildman–Crippen MR) is 112 cm³/mol. The highest BCUT2D eigenvalue weighted by Gasteiger charge is 2.56. The molecule has 0 bridgehead atoms. The number of alkyl halides is 3. The highest BCUT2D eigenvalue weighted by Crippen LogP contribution is 2.59. The first kappa shape index (κ1) is 21.3. The lowest BCUT2D eigenvalue weighted by molar-refractivity contribution is -0.141. The second-order valence-corrected chi connectivity index (χ2v) is 8.90. The van der Waals surface area contributed by atoms with Gasteiger partial charge in [-0.15, -0.1) is 0 Å². The number of fused-ring (bicyclic) bond motifs is 2. The Bertz CT molecular complexity index is 1120. The third-order valence-corrected chi connectivity index (χ3v) is 6.68. The molecule has 168 valence electrons. The van der Waals surface area contributed by atoms with E-state index in [2.05, 4.69) is 4.98 Å². The SMILES string of the molecule is Fc1ccc2c(OC3CC4C(CCOc5ccc(Cl)cc5)C4C3)cc(C(F)(F)F)nc2c1. The van der Waals surface area contributed by atoms with E-state index in [1.807, 2.05) is 12.1 Å². The summed E-state index contributed by atoms with van der Waals surface area (Å²) >= 11 is 5.87. The molecule has 3 aromatic rings. The summed E-state index contributed by atoms with van der Waals surface area (Å²) in [6.07, 6.45) is -2.27. The lowest BCUT2D eigenvalue weighted by Crippen LogP contribution is -2.17. The minimum absolute atomic E-state index is 0.0600. The Hall–Kier alpha value is -2.54. The van der Waals surface area contributed by atoms with Gasteiger partial charge in [-0.2, -0.15) is 13.2 Å². The molecule has 0 radical (unpaired) electrons. The summed E-state index contributed by atoms with van der Waals surface area (Å²) in [6, 6.07) is 11.8. The van der Waals surface area contributed by atoms with Crippen molar-refractivity contribution in [1.29, 1.82) is 0 Å². The maximum atomic E-state index is 13.6. The molecule has 2 fully saturated rings. The van der Waals surface area contributed by atoms with Crippen molar-refractivity contribution in [2.45, 2.75) is 31.5 Å². The molecule has 32 heavy (non-hydrogen) atoms. The Morgan fingerprint density at radius 2 is 1.72 bits per heavy atom. The van der Waals surface area contributed by atoms with Crippen LogP contribution in [0.2, 0.25) is 5.02 Å². The normalized spacial score (nSPS) is 24.4. The van der Waals surface area contributed by atoms with Gasteiger partial charge in [0.1, 0.15) is 23.0 Å². The van der Waals surface area contributed by atoms with E-state index >= 15 is 0 Å². The van der Waals surface area contributed by atoms with E-state index < -0.39 is 17.7 Å². The second-order valence-electron chi connectivity index (χ2n) is 8.46. The van der Waals surface area contributed by atoms with Crippen molar-refractivity contribution >= 4 is 22.5 Å². The van der Waals surface area contributed by atoms with Crippen LogP contribution in [0.25, 0.3) is 10.9 Å². The molecule has 2 unspecified atom stereocenters. The van der Waals surface area contributed by atoms with Crippen LogP contribution in [-0.2, 0) is 6.18 Å². The standard InChI is InChI=1S/C24H20ClF4NO2/c25-13-1-4-15(5-2-13)31-8-7-17-19-10-16(11-20(17)19)32-22-12-23(24(27,28)29)30-21-9-14(26)3-6-18(21)22/h1-6,9,12,16-17,19-20H,7-8,10-11H2. The average Bonchev–Trinajstić information content (AvgIpc) is 3.18. The van der Waals surface area contributed by atoms with Crippen molar-refractivity contribution in [3.8, 4) is 11.5 Å². The first-order valence-corrected chi connectivity index (χ1v) is 10.9. The summed E-state index contributed by atoms with van der Waals surface area (Å²) < 4.78 is 65.1. The van der Waals surface area contributed by atoms with E-state index in [-0.39, 0.29) is 17.4 Å². The molecule has 2 saturated carbocycles. The van der Waals surface area contributed by atoms with Crippen molar-refractivity contribution in [1.82, 2.24) is 4.98 Å². The van der Waals surface area contributed by atoms with Crippen molar-refractivity contribution in [3.05, 3.63) is 65.1 Å². The number of hydrogen-bond acceptors (Lipinski definition) is 3. The van der Waals surface area contributed by atoms with Gasteiger partial charge >= 0.3 is 6.18 Å². The zero-order valence-corrected chi connectivity index (χ0v) is 17.7. The summed E-state index contributed by atoms with van der Waals surface area (Å²) in [7, 11) is 0. The summed E-state index contributed by atoms with van der Waals surface area (Å²) in [5.74, 6) is 1.80. The minimum Gasteiger partial charge on any atom is -0.494 e. The molecule has 2 atom stereocenters. The number of hydrogen-bond donors (Lipinski definition) is 0. The van der Waals surface area contributed by atoms with Gasteiger partial charge in [-0.05, 0) is 73.4 Å². The number of nitrogens with zero attached hydrogens (tertiary/aromatic N) is 1. The van der Waals surface area contributed by atoms with Crippen molar-refractivity contribution in [3.63, 3.8) is 0 Å². The van der Waals surface area contributed by atoms with Crippen LogP contribution in [0.15, 0.2) is 48.5 Å². The fraction of sp³-hybridized carbons (Fsp3) is 0.375. The third-order valence-electron chi connectivity index (χ3n) is 6.43. The summed E-state index contributed by atoms with van der Waals surface area (Å²) in [5.41, 5.74) is -1.14. The van der Waals surface area contributed by atoms with Crippen LogP contribution in [0.1, 0.15) is 25.0 Å². The number of pyridine rings is 1. The molecule has 2 aromatic carbocycles. The fourth-order valence-corrected chi connectivity index (χ4v) is 5.01. The van der Waals surface area contributed by atoms with Crippen molar-refractivity contribution in [2.24, 2.45) is 17.8 Å². The number of ether oxygens (including phenoxy) is 2. The van der Waals surface area contributed by atoms with Gasteiger partial charge in [0.2, 0.25) is 0 Å². The molecular formula is C24H20ClF4NO2. The molecular weight excluding hydrogens is 446 g/mol. The van der Waals surface area contributed by atoms with Gasteiger partial charge in [0.25, 0.3) is 0 Å². The first-order valence-electron chi connectivity index (χ1n) is 10.5. The number of rotatable bonds is 6. The highest BCUT2D eigenvalue weighted by molar-refractivity contribution is 6.30. The van der Waals surface area contributed by atoms with Crippen LogP contribution in [0.5, 0.6) is 11.5 Å². The quantitative estimate of drug-likeness (QED) is 0.370. The van der Waals surface area contributed by atoms with Crippen LogP contribution >= 0.6 is 11.6 Å². The predicted octanol–water partition coefficient (Wildman–Crippen LogP) is 6.92. The molecule has 5 rings (SSSR count). The van der Waals surface area contributed by atoms with Gasteiger partial charge in [-0.25, -0.2) is 9.37 Å². The van der Waals surface area contributed by atoms with E-state index in [4.69, 9.17) is 21.1 Å². The summed E-state index contributed by atoms with van der Waals surface area (Å²) in [5, 5.41) is 1.04. The topological polar surface area (TPSA) is 31.4 Å². The van der Waals surface area contributed by atoms with E-state index in [1.54, 1.807) is 12.1 Å². The van der Waals surface area contributed by atoms with Crippen molar-refractivity contribution < 1.29 is 27.0 Å². The second kappa shape index (κ2) is 8.10. The molecule has 0 N–H and O–H groups in total. The average molecular weight is 466 g/mol. The summed E-state index contributed by atoms with van der Waals surface area (Å²) in [4.78, 5) is 3.58. The van der Waals surface area contributed by atoms with E-state index in [0.29, 0.717) is 34.8 Å². The van der Waals surface area contributed by atoms with E-state index in [0.717, 1.165) is 37.1 Å². The molecule has 1 heterocycles. The van der Waals surface area contributed by atoms with Crippen LogP contribution in [0.3, 0.4) is 0 Å². The third kappa shape index (κ3) is 4.35. The molecule has 1 aromatic heterocycles. The molecule has 2 aliphatic carbocycles. The van der Waals surface area contributed by atoms with Gasteiger partial charge in [0.15, 0.2) is 0 Å². The Kier molecular flexibility index (Phi) is 5.40. The van der Waals surface area contributed by atoms with Gasteiger partial charge in [0.05, 0.1) is 18.2 Å². The van der Waals surface area contributed by atoms with Crippen LogP contribution in [0, 0.1) is 23.6 Å². The maximum Gasteiger partial charge on any atom is 0.433 e. The monoisotopic (exact) mass is 465 g/mol. The van der Waals surface area contributed by atoms with Gasteiger partial charge < -0.3 is 9.47 Å². The number of halogens is 5. The fourth-order valence-electron chi connectivity index (χ4n) is 4.89. The number of benzene rings is 2. The first-order chi connectivity index (χ1) is 15.3. The summed E-state index contributed by atoms with van der Waals surface area (Å²) in [6.45, 7) is 0.611. The molecule has 0 aliphatic heterocycles. The van der Waals surface area contributed by atoms with E-state index in [9.17, 15) is 17.6 Å². The zero-order valence-electron chi connectivity index (χ0n) is 16.9. The smallest absolute Gasteiger partial charge is 0.433 e. The molecule has 0 saturated heterocycles. The van der Waals surface area contributed by atoms with Crippen LogP contribution in [0.4, 0.5) is 17.6 Å². The molecule has 0 amide bonds. The van der Waals surface area contributed by atoms with Gasteiger partial charge in [0, 0.05) is 22.5 Å². The Morgan fingerprint density at radius 1 is 1.00 bits per heavy atom. The Balaban J connectivity index is 1.20. The maximum absolute atomic E-state index is 13.6. The zero-order chi connectivity index (χ0) is 22.5. The highest BCUT2D eigenvalue weighted by atomic mass is 35.5. The number of aromatic nitrogens is 1. The lowest BCUT2D eigenvalue weighted by atomic mass is 10.1. The molecule has 8 heteroatoms. The van der Waals surface area contributed by atoms with Crippen LogP contribution in [-0.4, -0.2) is 17.7 Å². The largest absolute Gasteiger partial charge is 0.494 e. The van der Waals surface area contributed by atoms with Gasteiger partial charge in [-0.3, -0.25) is 0 Å². The van der Waals surface area contributed by atoms with Crippen LogP contribution < -0.4 is 9.47 Å². The van der Waals surface area contributed by atoms with E-state index in [1.165, 1.54) is 12.1 Å². The Labute approximate surface area is 187 Å². The Morgan fingerprint density at radius 3 is 2.41 bits per heavy atom. The minimum atomic E-state index is -4.63. The molecule has 0 spiro atoms. The molecule has 2 aliphatic rings.